The number of alkyl halides is 3. The fourth-order valence-electron chi connectivity index (χ4n) is 2.84. The van der Waals surface area contributed by atoms with Crippen molar-refractivity contribution in [3.63, 3.8) is 0 Å². The van der Waals surface area contributed by atoms with E-state index in [9.17, 15) is 22.8 Å². The quantitative estimate of drug-likeness (QED) is 0.545. The molecule has 0 unspecified atom stereocenters. The number of amides is 2. The Hall–Kier alpha value is -3.28. The molecule has 33 heavy (non-hydrogen) atoms. The molecule has 3 aromatic heterocycles. The molecule has 0 saturated heterocycles. The van der Waals surface area contributed by atoms with Crippen LogP contribution in [0.25, 0.3) is 16.5 Å². The van der Waals surface area contributed by atoms with E-state index in [1.54, 1.807) is 39.0 Å². The number of carbonyl (C=O) groups excluding carboxylic acids is 2. The minimum absolute atomic E-state index is 0.120. The monoisotopic (exact) mass is 484 g/mol. The zero-order valence-corrected chi connectivity index (χ0v) is 19.4. The van der Waals surface area contributed by atoms with Crippen molar-refractivity contribution >= 4 is 28.3 Å². The van der Waals surface area contributed by atoms with Gasteiger partial charge in [0.05, 0.1) is 11.3 Å². The van der Waals surface area contributed by atoms with Crippen molar-refractivity contribution in [2.75, 3.05) is 11.9 Å². The van der Waals surface area contributed by atoms with Crippen molar-refractivity contribution in [2.45, 2.75) is 45.5 Å². The van der Waals surface area contributed by atoms with E-state index in [0.717, 1.165) is 22.1 Å². The van der Waals surface area contributed by atoms with Gasteiger partial charge in [0, 0.05) is 13.1 Å². The first-order valence-corrected chi connectivity index (χ1v) is 10.7. The van der Waals surface area contributed by atoms with Crippen LogP contribution in [0.5, 0.6) is 0 Å². The lowest BCUT2D eigenvalue weighted by molar-refractivity contribution is -0.141. The van der Waals surface area contributed by atoms with Crippen LogP contribution in [0.15, 0.2) is 41.0 Å². The van der Waals surface area contributed by atoms with Crippen molar-refractivity contribution in [2.24, 2.45) is 0 Å². The maximum absolute atomic E-state index is 13.3. The standard InChI is InChI=1S/C21H23F3N4O4S/c1-12(25-19(30)32-20(2,3)4)18(29)27(5)16-8-9-17(33-16)28-13(14-7-6-10-31-14)11-15(26-28)21(22,23)24/h6-12H,1-5H3,(H,25,30)/t12-/m0/s1. The summed E-state index contributed by atoms with van der Waals surface area (Å²) in [5, 5.41) is 6.96. The number of anilines is 1. The van der Waals surface area contributed by atoms with Gasteiger partial charge in [-0.1, -0.05) is 11.3 Å². The summed E-state index contributed by atoms with van der Waals surface area (Å²) in [5.74, 6) is -0.218. The van der Waals surface area contributed by atoms with Crippen LogP contribution >= 0.6 is 11.3 Å². The zero-order valence-electron chi connectivity index (χ0n) is 18.6. The first kappa shape index (κ1) is 24.4. The van der Waals surface area contributed by atoms with Crippen LogP contribution in [0.2, 0.25) is 0 Å². The second-order valence-electron chi connectivity index (χ2n) is 8.18. The Kier molecular flexibility index (Phi) is 6.59. The Balaban J connectivity index is 1.83. The van der Waals surface area contributed by atoms with Gasteiger partial charge in [-0.3, -0.25) is 4.79 Å². The van der Waals surface area contributed by atoms with Crippen molar-refractivity contribution in [1.82, 2.24) is 15.1 Å². The number of alkyl carbamates (subject to hydrolysis) is 1. The highest BCUT2D eigenvalue weighted by atomic mass is 32.1. The number of halogens is 3. The van der Waals surface area contributed by atoms with E-state index < -0.39 is 35.5 Å². The number of likely N-dealkylation sites (N-methyl/N-ethyl adjacent to an activating group) is 1. The Labute approximate surface area is 191 Å². The van der Waals surface area contributed by atoms with E-state index in [2.05, 4.69) is 10.4 Å². The van der Waals surface area contributed by atoms with E-state index in [-0.39, 0.29) is 11.5 Å². The molecule has 0 saturated carbocycles. The Morgan fingerprint density at radius 1 is 1.24 bits per heavy atom. The van der Waals surface area contributed by atoms with Gasteiger partial charge in [-0.2, -0.15) is 18.3 Å². The third-order valence-corrected chi connectivity index (χ3v) is 5.46. The number of nitrogens with zero attached hydrogens (tertiary/aromatic N) is 3. The van der Waals surface area contributed by atoms with Crippen LogP contribution < -0.4 is 10.2 Å². The fourth-order valence-corrected chi connectivity index (χ4v) is 3.78. The first-order chi connectivity index (χ1) is 15.3. The molecule has 1 N–H and O–H groups in total. The molecule has 0 aromatic carbocycles. The molecule has 12 heteroatoms. The Morgan fingerprint density at radius 2 is 1.94 bits per heavy atom. The number of carbonyl (C=O) groups is 2. The predicted molar refractivity (Wildman–Crippen MR) is 116 cm³/mol. The molecule has 0 spiro atoms. The van der Waals surface area contributed by atoms with E-state index in [4.69, 9.17) is 9.15 Å². The number of hydrogen-bond acceptors (Lipinski definition) is 6. The number of furan rings is 1. The number of ether oxygens (including phenoxy) is 1. The molecular weight excluding hydrogens is 461 g/mol. The average molecular weight is 485 g/mol. The molecule has 2 amide bonds. The highest BCUT2D eigenvalue weighted by Crippen LogP contribution is 2.36. The average Bonchev–Trinajstić information content (AvgIpc) is 3.43. The van der Waals surface area contributed by atoms with E-state index in [0.29, 0.717) is 10.0 Å². The maximum atomic E-state index is 13.3. The lowest BCUT2D eigenvalue weighted by Crippen LogP contribution is -2.47. The van der Waals surface area contributed by atoms with E-state index in [1.165, 1.54) is 31.2 Å². The second-order valence-corrected chi connectivity index (χ2v) is 9.22. The van der Waals surface area contributed by atoms with Gasteiger partial charge in [-0.25, -0.2) is 9.48 Å². The predicted octanol–water partition coefficient (Wildman–Crippen LogP) is 5.09. The lowest BCUT2D eigenvalue weighted by Gasteiger charge is -2.24. The Bertz CT molecular complexity index is 1130. The summed E-state index contributed by atoms with van der Waals surface area (Å²) in [5.41, 5.74) is -1.66. The molecule has 8 nitrogen and oxygen atoms in total. The van der Waals surface area contributed by atoms with Crippen LogP contribution in [0, 0.1) is 0 Å². The normalized spacial score (nSPS) is 13.0. The van der Waals surface area contributed by atoms with Crippen LogP contribution in [0.3, 0.4) is 0 Å². The molecule has 0 aliphatic carbocycles. The SMILES string of the molecule is C[C@H](NC(=O)OC(C)(C)C)C(=O)N(C)c1ccc(-n2nc(C(F)(F)F)cc2-c2ccco2)s1. The van der Waals surface area contributed by atoms with Gasteiger partial charge in [0.15, 0.2) is 11.5 Å². The summed E-state index contributed by atoms with van der Waals surface area (Å²) in [6.45, 7) is 6.62. The summed E-state index contributed by atoms with van der Waals surface area (Å²) in [6, 6.07) is 6.23. The molecule has 3 rings (SSSR count). The van der Waals surface area contributed by atoms with Crippen LogP contribution in [-0.4, -0.2) is 40.5 Å². The van der Waals surface area contributed by atoms with Crippen LogP contribution in [0.4, 0.5) is 23.0 Å². The second kappa shape index (κ2) is 8.93. The summed E-state index contributed by atoms with van der Waals surface area (Å²) in [7, 11) is 1.50. The fraction of sp³-hybridized carbons (Fsp3) is 0.381. The van der Waals surface area contributed by atoms with Crippen molar-refractivity contribution in [3.05, 3.63) is 42.3 Å². The van der Waals surface area contributed by atoms with Gasteiger partial charge in [-0.05, 0) is 52.0 Å². The first-order valence-electron chi connectivity index (χ1n) is 9.84. The number of aromatic nitrogens is 2. The van der Waals surface area contributed by atoms with Crippen LogP contribution in [-0.2, 0) is 15.7 Å². The summed E-state index contributed by atoms with van der Waals surface area (Å²) in [4.78, 5) is 26.0. The minimum atomic E-state index is -4.64. The van der Waals surface area contributed by atoms with Gasteiger partial charge in [0.2, 0.25) is 5.91 Å². The molecule has 0 aliphatic rings. The molecule has 0 aliphatic heterocycles. The van der Waals surface area contributed by atoms with Crippen molar-refractivity contribution in [3.8, 4) is 16.5 Å². The van der Waals surface area contributed by atoms with Crippen LogP contribution in [0.1, 0.15) is 33.4 Å². The van der Waals surface area contributed by atoms with Gasteiger partial charge in [-0.15, -0.1) is 0 Å². The summed E-state index contributed by atoms with van der Waals surface area (Å²) >= 11 is 1.06. The summed E-state index contributed by atoms with van der Waals surface area (Å²) < 4.78 is 51.4. The minimum Gasteiger partial charge on any atom is -0.463 e. The molecular formula is C21H23F3N4O4S. The largest absolute Gasteiger partial charge is 0.463 e. The zero-order chi connectivity index (χ0) is 24.6. The van der Waals surface area contributed by atoms with Gasteiger partial charge in [0.25, 0.3) is 0 Å². The highest BCUT2D eigenvalue weighted by Gasteiger charge is 2.36. The summed E-state index contributed by atoms with van der Waals surface area (Å²) in [6.07, 6.45) is -4.02. The van der Waals surface area contributed by atoms with Gasteiger partial charge < -0.3 is 19.4 Å². The molecule has 3 heterocycles. The van der Waals surface area contributed by atoms with Gasteiger partial charge in [0.1, 0.15) is 22.3 Å². The molecule has 0 radical (unpaired) electrons. The Morgan fingerprint density at radius 3 is 2.52 bits per heavy atom. The third kappa shape index (κ3) is 5.75. The van der Waals surface area contributed by atoms with E-state index in [1.807, 2.05) is 0 Å². The molecule has 0 bridgehead atoms. The third-order valence-electron chi connectivity index (χ3n) is 4.32. The highest BCUT2D eigenvalue weighted by molar-refractivity contribution is 7.18. The molecule has 3 aromatic rings. The van der Waals surface area contributed by atoms with Gasteiger partial charge >= 0.3 is 12.3 Å². The van der Waals surface area contributed by atoms with Crippen molar-refractivity contribution in [1.29, 1.82) is 0 Å². The lowest BCUT2D eigenvalue weighted by atomic mass is 10.2. The smallest absolute Gasteiger partial charge is 0.435 e. The van der Waals surface area contributed by atoms with E-state index >= 15 is 0 Å². The van der Waals surface area contributed by atoms with Crippen molar-refractivity contribution < 1.29 is 31.9 Å². The molecule has 1 atom stereocenters. The molecule has 0 fully saturated rings. The number of rotatable bonds is 5. The number of hydrogen-bond donors (Lipinski definition) is 1. The number of thiophene rings is 1. The topological polar surface area (TPSA) is 89.6 Å². The number of nitrogens with one attached hydrogen (secondary N) is 1. The molecule has 178 valence electrons. The maximum Gasteiger partial charge on any atom is 0.435 e.